The molecule has 2 heterocycles. The van der Waals surface area contributed by atoms with Crippen LogP contribution in [-0.2, 0) is 12.7 Å². The third kappa shape index (κ3) is 6.81. The van der Waals surface area contributed by atoms with Gasteiger partial charge in [0.2, 0.25) is 11.2 Å². The van der Waals surface area contributed by atoms with Crippen molar-refractivity contribution in [3.8, 4) is 23.0 Å². The molecule has 43 heavy (non-hydrogen) atoms. The van der Waals surface area contributed by atoms with Crippen molar-refractivity contribution in [1.82, 2.24) is 4.90 Å². The van der Waals surface area contributed by atoms with Crippen LogP contribution in [0, 0.1) is 6.92 Å². The maximum Gasteiger partial charge on any atom is 0.453 e. The summed E-state index contributed by atoms with van der Waals surface area (Å²) in [4.78, 5) is 28.8. The molecular formula is C32H29ClF3NO6. The molecule has 0 atom stereocenters. The lowest BCUT2D eigenvalue weighted by atomic mass is 10.1. The number of benzene rings is 3. The minimum Gasteiger partial charge on any atom is -0.497 e. The molecule has 5 rings (SSSR count). The van der Waals surface area contributed by atoms with Gasteiger partial charge in [0.15, 0.2) is 0 Å². The van der Waals surface area contributed by atoms with Crippen LogP contribution in [0.5, 0.6) is 23.0 Å². The van der Waals surface area contributed by atoms with Crippen LogP contribution in [0.15, 0.2) is 63.8 Å². The molecule has 0 unspecified atom stereocenters. The first kappa shape index (κ1) is 30.4. The fourth-order valence-corrected chi connectivity index (χ4v) is 5.12. The first-order valence-corrected chi connectivity index (χ1v) is 14.2. The quantitative estimate of drug-likeness (QED) is 0.153. The van der Waals surface area contributed by atoms with Crippen LogP contribution in [0.25, 0.3) is 11.0 Å². The Bertz CT molecular complexity index is 1690. The fraction of sp³-hybridized carbons (Fsp3) is 0.312. The minimum atomic E-state index is -5.07. The summed E-state index contributed by atoms with van der Waals surface area (Å²) in [6, 6.07) is 13.2. The van der Waals surface area contributed by atoms with Crippen LogP contribution in [-0.4, -0.2) is 31.1 Å². The van der Waals surface area contributed by atoms with Gasteiger partial charge < -0.3 is 18.6 Å². The molecule has 1 aliphatic heterocycles. The average molecular weight is 616 g/mol. The Morgan fingerprint density at radius 2 is 1.65 bits per heavy atom. The molecule has 0 bridgehead atoms. The highest BCUT2D eigenvalue weighted by molar-refractivity contribution is 6.31. The van der Waals surface area contributed by atoms with Crippen molar-refractivity contribution in [1.29, 1.82) is 0 Å². The molecule has 11 heteroatoms. The molecule has 0 N–H and O–H groups in total. The van der Waals surface area contributed by atoms with Crippen LogP contribution in [0.4, 0.5) is 13.2 Å². The number of methoxy groups -OCH3 is 1. The third-order valence-electron chi connectivity index (χ3n) is 7.29. The summed E-state index contributed by atoms with van der Waals surface area (Å²) >= 11 is 6.05. The van der Waals surface area contributed by atoms with Crippen molar-refractivity contribution >= 4 is 28.5 Å². The average Bonchev–Trinajstić information content (AvgIpc) is 3.25. The molecule has 4 aromatic rings. The van der Waals surface area contributed by atoms with E-state index in [1.54, 1.807) is 19.1 Å². The Labute approximate surface area is 250 Å². The highest BCUT2D eigenvalue weighted by Crippen LogP contribution is 2.41. The van der Waals surface area contributed by atoms with Gasteiger partial charge in [-0.25, -0.2) is 4.79 Å². The third-order valence-corrected chi connectivity index (χ3v) is 7.72. The summed E-state index contributed by atoms with van der Waals surface area (Å²) in [6.07, 6.45) is -1.20. The van der Waals surface area contributed by atoms with Gasteiger partial charge in [-0.2, -0.15) is 13.2 Å². The molecule has 1 aliphatic rings. The van der Waals surface area contributed by atoms with Crippen molar-refractivity contribution in [3.63, 3.8) is 0 Å². The summed E-state index contributed by atoms with van der Waals surface area (Å²) in [5.41, 5.74) is -0.396. The van der Waals surface area contributed by atoms with Crippen LogP contribution in [0.1, 0.15) is 52.9 Å². The van der Waals surface area contributed by atoms with Gasteiger partial charge in [0.05, 0.1) is 23.6 Å². The number of nitrogens with zero attached hydrogens (tertiary/aromatic N) is 1. The van der Waals surface area contributed by atoms with Crippen LogP contribution in [0.3, 0.4) is 0 Å². The van der Waals surface area contributed by atoms with Crippen molar-refractivity contribution in [2.75, 3.05) is 20.2 Å². The Kier molecular flexibility index (Phi) is 8.98. The molecular weight excluding hydrogens is 587 g/mol. The molecule has 1 aromatic heterocycles. The number of ether oxygens (including phenoxy) is 3. The van der Waals surface area contributed by atoms with E-state index in [1.165, 1.54) is 49.6 Å². The predicted molar refractivity (Wildman–Crippen MR) is 155 cm³/mol. The van der Waals surface area contributed by atoms with Gasteiger partial charge in [0, 0.05) is 11.6 Å². The Morgan fingerprint density at radius 1 is 0.977 bits per heavy atom. The highest BCUT2D eigenvalue weighted by Gasteiger charge is 2.41. The summed E-state index contributed by atoms with van der Waals surface area (Å²) in [7, 11) is 1.49. The van der Waals surface area contributed by atoms with E-state index in [4.69, 9.17) is 30.2 Å². The van der Waals surface area contributed by atoms with E-state index < -0.39 is 29.1 Å². The molecule has 7 nitrogen and oxygen atoms in total. The van der Waals surface area contributed by atoms with E-state index >= 15 is 0 Å². The molecule has 1 fully saturated rings. The number of carbonyl (C=O) groups excluding carboxylic acids is 1. The second-order valence-corrected chi connectivity index (χ2v) is 10.7. The lowest BCUT2D eigenvalue weighted by Crippen LogP contribution is -2.25. The molecule has 0 amide bonds. The lowest BCUT2D eigenvalue weighted by Gasteiger charge is -2.22. The van der Waals surface area contributed by atoms with E-state index in [-0.39, 0.29) is 40.1 Å². The Hall–Kier alpha value is -4.02. The number of rotatable bonds is 7. The maximum absolute atomic E-state index is 14.4. The second-order valence-electron chi connectivity index (χ2n) is 10.3. The summed E-state index contributed by atoms with van der Waals surface area (Å²) < 4.78 is 65.1. The van der Waals surface area contributed by atoms with E-state index in [9.17, 15) is 22.8 Å². The van der Waals surface area contributed by atoms with E-state index in [0.717, 1.165) is 25.7 Å². The van der Waals surface area contributed by atoms with Crippen LogP contribution < -0.4 is 19.6 Å². The predicted octanol–water partition coefficient (Wildman–Crippen LogP) is 8.17. The minimum absolute atomic E-state index is 0.00386. The number of hydrogen-bond acceptors (Lipinski definition) is 7. The Balaban J connectivity index is 1.64. The van der Waals surface area contributed by atoms with Gasteiger partial charge in [-0.15, -0.1) is 0 Å². The zero-order valence-corrected chi connectivity index (χ0v) is 24.3. The number of carbonyl (C=O) groups is 1. The SMILES string of the molecule is COc1ccc(C(=O)Oc2ccc3c(=O)c(Oc4ccc(Cl)c(C)c4)c(C(F)(F)F)oc3c2CN2CCCCCC2)cc1. The normalized spacial score (nSPS) is 14.4. The lowest BCUT2D eigenvalue weighted by molar-refractivity contribution is -0.154. The van der Waals surface area contributed by atoms with Gasteiger partial charge in [0.1, 0.15) is 22.8 Å². The summed E-state index contributed by atoms with van der Waals surface area (Å²) in [5, 5.41) is 0.256. The number of fused-ring (bicyclic) bond motifs is 1. The fourth-order valence-electron chi connectivity index (χ4n) is 5.01. The molecule has 0 aliphatic carbocycles. The largest absolute Gasteiger partial charge is 0.497 e. The van der Waals surface area contributed by atoms with Crippen molar-refractivity contribution in [2.24, 2.45) is 0 Å². The van der Waals surface area contributed by atoms with Crippen molar-refractivity contribution in [2.45, 2.75) is 45.3 Å². The van der Waals surface area contributed by atoms with E-state index in [1.807, 2.05) is 0 Å². The number of hydrogen-bond donors (Lipinski definition) is 0. The molecule has 0 saturated carbocycles. The van der Waals surface area contributed by atoms with E-state index in [2.05, 4.69) is 4.90 Å². The van der Waals surface area contributed by atoms with Gasteiger partial charge in [0.25, 0.3) is 5.76 Å². The number of alkyl halides is 3. The number of halogens is 4. The highest BCUT2D eigenvalue weighted by atomic mass is 35.5. The molecule has 1 saturated heterocycles. The molecule has 0 spiro atoms. The monoisotopic (exact) mass is 615 g/mol. The number of esters is 1. The summed E-state index contributed by atoms with van der Waals surface area (Å²) in [5.74, 6) is -2.78. The van der Waals surface area contributed by atoms with Gasteiger partial charge in [-0.3, -0.25) is 9.69 Å². The van der Waals surface area contributed by atoms with Gasteiger partial charge in [-0.05, 0) is 93.0 Å². The van der Waals surface area contributed by atoms with Crippen LogP contribution in [0.2, 0.25) is 5.02 Å². The topological polar surface area (TPSA) is 78.2 Å². The molecule has 0 radical (unpaired) electrons. The Morgan fingerprint density at radius 3 is 2.28 bits per heavy atom. The first-order chi connectivity index (χ1) is 20.5. The van der Waals surface area contributed by atoms with E-state index in [0.29, 0.717) is 29.4 Å². The first-order valence-electron chi connectivity index (χ1n) is 13.8. The van der Waals surface area contributed by atoms with Gasteiger partial charge in [-0.1, -0.05) is 24.4 Å². The second kappa shape index (κ2) is 12.7. The number of aryl methyl sites for hydroxylation is 1. The zero-order valence-electron chi connectivity index (χ0n) is 23.6. The smallest absolute Gasteiger partial charge is 0.453 e. The van der Waals surface area contributed by atoms with Crippen molar-refractivity contribution in [3.05, 3.63) is 92.3 Å². The molecule has 226 valence electrons. The van der Waals surface area contributed by atoms with Crippen LogP contribution >= 0.6 is 11.6 Å². The molecule has 3 aromatic carbocycles. The van der Waals surface area contributed by atoms with Gasteiger partial charge >= 0.3 is 12.1 Å². The zero-order chi connectivity index (χ0) is 30.7. The standard InChI is InChI=1S/C32H29ClF3NO6/c1-19-17-22(11-13-25(19)33)41-29-27(38)23-12-14-26(42-31(39)20-7-9-21(40-2)10-8-20)24(18-37-15-5-3-4-6-16-37)28(23)43-30(29)32(34,35)36/h7-14,17H,3-6,15-16,18H2,1-2H3. The maximum atomic E-state index is 14.4. The number of likely N-dealkylation sites (tertiary alicyclic amines) is 1. The van der Waals surface area contributed by atoms with Crippen molar-refractivity contribution < 1.29 is 36.6 Å². The summed E-state index contributed by atoms with van der Waals surface area (Å²) in [6.45, 7) is 3.15.